The highest BCUT2D eigenvalue weighted by atomic mass is 19.2. The summed E-state index contributed by atoms with van der Waals surface area (Å²) in [7, 11) is 0. The van der Waals surface area contributed by atoms with E-state index in [1.807, 2.05) is 0 Å². The Kier molecular flexibility index (Phi) is 2.94. The van der Waals surface area contributed by atoms with E-state index in [-0.39, 0.29) is 10.8 Å². The van der Waals surface area contributed by atoms with Gasteiger partial charge >= 0.3 is 0 Å². The van der Waals surface area contributed by atoms with E-state index < -0.39 is 22.8 Å². The maximum atomic E-state index is 13.3. The molecule has 0 aliphatic rings. The van der Waals surface area contributed by atoms with Crippen molar-refractivity contribution in [3.8, 4) is 5.69 Å². The van der Waals surface area contributed by atoms with Gasteiger partial charge < -0.3 is 0 Å². The third-order valence-corrected chi connectivity index (χ3v) is 3.31. The molecule has 3 aromatic rings. The summed E-state index contributed by atoms with van der Waals surface area (Å²) in [6.07, 6.45) is 0. The fraction of sp³-hybridized carbons (Fsp3) is 0.0667. The average Bonchev–Trinajstić information content (AvgIpc) is 2.46. The van der Waals surface area contributed by atoms with Crippen LogP contribution in [0, 0.1) is 18.6 Å². The number of hydrogen-bond donors (Lipinski definition) is 1. The number of fused-ring (bicyclic) bond motifs is 1. The number of aromatic amines is 1. The number of rotatable bonds is 1. The van der Waals surface area contributed by atoms with Crippen LogP contribution in [0.25, 0.3) is 16.5 Å². The standard InChI is InChI=1S/C15H10F2N2O2/c1-8-4-2-3-5-13(8)19-15(21)10-7-12(17)11(16)6-9(10)14(20)18-19/h2-7H,1H3,(H,18,20). The van der Waals surface area contributed by atoms with Gasteiger partial charge in [0.05, 0.1) is 16.5 Å². The molecule has 0 aliphatic carbocycles. The lowest BCUT2D eigenvalue weighted by molar-refractivity contribution is 0.510. The zero-order valence-corrected chi connectivity index (χ0v) is 11.0. The molecular weight excluding hydrogens is 278 g/mol. The second-order valence-corrected chi connectivity index (χ2v) is 4.68. The van der Waals surface area contributed by atoms with Crippen LogP contribution < -0.4 is 11.1 Å². The van der Waals surface area contributed by atoms with E-state index >= 15 is 0 Å². The molecule has 1 aromatic heterocycles. The number of aryl methyl sites for hydroxylation is 1. The van der Waals surface area contributed by atoms with Gasteiger partial charge in [0.2, 0.25) is 0 Å². The normalized spacial score (nSPS) is 11.0. The van der Waals surface area contributed by atoms with Crippen molar-refractivity contribution >= 4 is 10.8 Å². The van der Waals surface area contributed by atoms with Gasteiger partial charge in [-0.3, -0.25) is 14.7 Å². The Hall–Kier alpha value is -2.76. The lowest BCUT2D eigenvalue weighted by Crippen LogP contribution is -2.29. The molecule has 6 heteroatoms. The molecule has 1 heterocycles. The molecule has 0 atom stereocenters. The Morgan fingerprint density at radius 3 is 2.29 bits per heavy atom. The summed E-state index contributed by atoms with van der Waals surface area (Å²) in [6.45, 7) is 1.77. The molecule has 0 fully saturated rings. The molecule has 3 rings (SSSR count). The lowest BCUT2D eigenvalue weighted by Gasteiger charge is -2.09. The second kappa shape index (κ2) is 4.66. The van der Waals surface area contributed by atoms with Crippen LogP contribution in [0.5, 0.6) is 0 Å². The van der Waals surface area contributed by atoms with E-state index in [1.54, 1.807) is 31.2 Å². The van der Waals surface area contributed by atoms with Gasteiger partial charge in [0.1, 0.15) is 0 Å². The summed E-state index contributed by atoms with van der Waals surface area (Å²) < 4.78 is 27.6. The molecule has 0 bridgehead atoms. The highest BCUT2D eigenvalue weighted by Crippen LogP contribution is 2.14. The van der Waals surface area contributed by atoms with Crippen LogP contribution in [-0.4, -0.2) is 9.78 Å². The largest absolute Gasteiger partial charge is 0.277 e. The van der Waals surface area contributed by atoms with Crippen LogP contribution in [-0.2, 0) is 0 Å². The number of benzene rings is 2. The Morgan fingerprint density at radius 1 is 1.00 bits per heavy atom. The molecule has 0 saturated carbocycles. The molecule has 0 amide bonds. The van der Waals surface area contributed by atoms with Crippen molar-refractivity contribution in [1.29, 1.82) is 0 Å². The van der Waals surface area contributed by atoms with Crippen molar-refractivity contribution in [2.24, 2.45) is 0 Å². The monoisotopic (exact) mass is 288 g/mol. The number of para-hydroxylation sites is 1. The number of hydrogen-bond acceptors (Lipinski definition) is 2. The molecular formula is C15H10F2N2O2. The number of aromatic nitrogens is 2. The summed E-state index contributed by atoms with van der Waals surface area (Å²) in [5.74, 6) is -2.33. The zero-order chi connectivity index (χ0) is 15.1. The molecule has 0 saturated heterocycles. The smallest absolute Gasteiger partial charge is 0.267 e. The fourth-order valence-corrected chi connectivity index (χ4v) is 2.23. The van der Waals surface area contributed by atoms with Crippen LogP contribution in [0.15, 0.2) is 46.0 Å². The Bertz CT molecular complexity index is 974. The predicted octanol–water partition coefficient (Wildman–Crippen LogP) is 2.27. The van der Waals surface area contributed by atoms with Crippen LogP contribution >= 0.6 is 0 Å². The molecule has 106 valence electrons. The number of H-pyrrole nitrogens is 1. The van der Waals surface area contributed by atoms with Gasteiger partial charge in [-0.2, -0.15) is 0 Å². The zero-order valence-electron chi connectivity index (χ0n) is 11.0. The van der Waals surface area contributed by atoms with Gasteiger partial charge in [-0.1, -0.05) is 18.2 Å². The Balaban J connectivity index is 2.45. The second-order valence-electron chi connectivity index (χ2n) is 4.68. The third kappa shape index (κ3) is 2.05. The van der Waals surface area contributed by atoms with E-state index in [0.717, 1.165) is 22.4 Å². The van der Waals surface area contributed by atoms with E-state index in [2.05, 4.69) is 5.10 Å². The Labute approximate surface area is 117 Å². The quantitative estimate of drug-likeness (QED) is 0.746. The predicted molar refractivity (Wildman–Crippen MR) is 74.8 cm³/mol. The highest BCUT2D eigenvalue weighted by molar-refractivity contribution is 5.80. The van der Waals surface area contributed by atoms with Crippen molar-refractivity contribution in [2.75, 3.05) is 0 Å². The lowest BCUT2D eigenvalue weighted by atomic mass is 10.1. The molecule has 2 aromatic carbocycles. The van der Waals surface area contributed by atoms with Gasteiger partial charge in [0.25, 0.3) is 11.1 Å². The number of halogens is 2. The summed E-state index contributed by atoms with van der Waals surface area (Å²) >= 11 is 0. The Morgan fingerprint density at radius 2 is 1.62 bits per heavy atom. The topological polar surface area (TPSA) is 54.9 Å². The third-order valence-electron chi connectivity index (χ3n) is 3.31. The van der Waals surface area contributed by atoms with Crippen molar-refractivity contribution in [3.63, 3.8) is 0 Å². The van der Waals surface area contributed by atoms with Crippen LogP contribution in [0.2, 0.25) is 0 Å². The maximum Gasteiger partial charge on any atom is 0.277 e. The first kappa shape index (κ1) is 13.2. The van der Waals surface area contributed by atoms with Gasteiger partial charge in [-0.05, 0) is 30.7 Å². The summed E-state index contributed by atoms with van der Waals surface area (Å²) in [5, 5.41) is 2.04. The van der Waals surface area contributed by atoms with E-state index in [4.69, 9.17) is 0 Å². The van der Waals surface area contributed by atoms with E-state index in [1.165, 1.54) is 0 Å². The fourth-order valence-electron chi connectivity index (χ4n) is 2.23. The molecule has 0 unspecified atom stereocenters. The first-order chi connectivity index (χ1) is 9.99. The van der Waals surface area contributed by atoms with Gasteiger partial charge in [-0.15, -0.1) is 0 Å². The summed E-state index contributed by atoms with van der Waals surface area (Å²) in [5.41, 5.74) is -0.0343. The van der Waals surface area contributed by atoms with Gasteiger partial charge in [-0.25, -0.2) is 13.5 Å². The molecule has 21 heavy (non-hydrogen) atoms. The minimum atomic E-state index is -1.17. The van der Waals surface area contributed by atoms with Crippen LogP contribution in [0.3, 0.4) is 0 Å². The molecule has 1 N–H and O–H groups in total. The maximum absolute atomic E-state index is 13.3. The first-order valence-corrected chi connectivity index (χ1v) is 6.19. The van der Waals surface area contributed by atoms with Crippen molar-refractivity contribution in [1.82, 2.24) is 9.78 Å². The molecule has 4 nitrogen and oxygen atoms in total. The average molecular weight is 288 g/mol. The number of nitrogens with zero attached hydrogens (tertiary/aromatic N) is 1. The molecule has 0 aliphatic heterocycles. The number of nitrogens with one attached hydrogen (secondary N) is 1. The van der Waals surface area contributed by atoms with Crippen LogP contribution in [0.1, 0.15) is 5.56 Å². The minimum Gasteiger partial charge on any atom is -0.267 e. The van der Waals surface area contributed by atoms with E-state index in [9.17, 15) is 18.4 Å². The van der Waals surface area contributed by atoms with Gasteiger partial charge in [0.15, 0.2) is 11.6 Å². The first-order valence-electron chi connectivity index (χ1n) is 6.19. The summed E-state index contributed by atoms with van der Waals surface area (Å²) in [6, 6.07) is 8.40. The minimum absolute atomic E-state index is 0.166. The van der Waals surface area contributed by atoms with Crippen LogP contribution in [0.4, 0.5) is 8.78 Å². The van der Waals surface area contributed by atoms with Crippen molar-refractivity contribution in [3.05, 3.63) is 74.3 Å². The summed E-state index contributed by atoms with van der Waals surface area (Å²) in [4.78, 5) is 24.4. The highest BCUT2D eigenvalue weighted by Gasteiger charge is 2.13. The van der Waals surface area contributed by atoms with Gasteiger partial charge in [0, 0.05) is 0 Å². The van der Waals surface area contributed by atoms with Crippen molar-refractivity contribution in [2.45, 2.75) is 6.92 Å². The SMILES string of the molecule is Cc1ccccc1-n1[nH]c(=O)c2cc(F)c(F)cc2c1=O. The molecule has 0 spiro atoms. The van der Waals surface area contributed by atoms with Crippen molar-refractivity contribution < 1.29 is 8.78 Å². The van der Waals surface area contributed by atoms with E-state index in [0.29, 0.717) is 5.69 Å². The molecule has 0 radical (unpaired) electrons.